The van der Waals surface area contributed by atoms with Crippen molar-refractivity contribution in [3.63, 3.8) is 0 Å². The normalized spacial score (nSPS) is 13.4. The predicted octanol–water partition coefficient (Wildman–Crippen LogP) is 2.15. The highest BCUT2D eigenvalue weighted by atomic mass is 16.5. The third kappa shape index (κ3) is 3.00. The lowest BCUT2D eigenvalue weighted by molar-refractivity contribution is -0.143. The number of nitrogens with one attached hydrogen (secondary N) is 1. The summed E-state index contributed by atoms with van der Waals surface area (Å²) in [6.45, 7) is 3.46. The van der Waals surface area contributed by atoms with E-state index in [1.165, 1.54) is 6.07 Å². The first-order valence-electron chi connectivity index (χ1n) is 7.00. The Morgan fingerprint density at radius 2 is 2.00 bits per heavy atom. The summed E-state index contributed by atoms with van der Waals surface area (Å²) in [5, 5.41) is 16.0. The SMILES string of the molecule is CCC(CNC(=O)c1cc(C)no1)(C(=O)O)c1ccccc1. The first kappa shape index (κ1) is 15.8. The molecule has 0 saturated carbocycles. The second kappa shape index (κ2) is 6.43. The summed E-state index contributed by atoms with van der Waals surface area (Å²) < 4.78 is 4.88. The summed E-state index contributed by atoms with van der Waals surface area (Å²) in [7, 11) is 0. The molecule has 22 heavy (non-hydrogen) atoms. The zero-order valence-electron chi connectivity index (χ0n) is 12.5. The minimum Gasteiger partial charge on any atom is -0.481 e. The fourth-order valence-electron chi connectivity index (χ4n) is 2.33. The van der Waals surface area contributed by atoms with Gasteiger partial charge >= 0.3 is 5.97 Å². The number of benzene rings is 1. The molecule has 0 spiro atoms. The van der Waals surface area contributed by atoms with E-state index in [9.17, 15) is 14.7 Å². The quantitative estimate of drug-likeness (QED) is 0.853. The topological polar surface area (TPSA) is 92.4 Å². The summed E-state index contributed by atoms with van der Waals surface area (Å²) in [6.07, 6.45) is 0.349. The first-order chi connectivity index (χ1) is 10.5. The lowest BCUT2D eigenvalue weighted by Gasteiger charge is -2.28. The number of carbonyl (C=O) groups is 2. The second-order valence-electron chi connectivity index (χ2n) is 5.12. The third-order valence-corrected chi connectivity index (χ3v) is 3.74. The maximum Gasteiger partial charge on any atom is 0.315 e. The molecule has 0 aliphatic heterocycles. The Bertz CT molecular complexity index is 666. The van der Waals surface area contributed by atoms with Crippen molar-refractivity contribution < 1.29 is 19.2 Å². The molecule has 0 saturated heterocycles. The van der Waals surface area contributed by atoms with Crippen molar-refractivity contribution in [3.8, 4) is 0 Å². The van der Waals surface area contributed by atoms with Gasteiger partial charge < -0.3 is 14.9 Å². The molecule has 1 unspecified atom stereocenters. The van der Waals surface area contributed by atoms with Crippen LogP contribution in [0.5, 0.6) is 0 Å². The maximum atomic E-state index is 12.0. The second-order valence-corrected chi connectivity index (χ2v) is 5.12. The van der Waals surface area contributed by atoms with E-state index < -0.39 is 17.3 Å². The average Bonchev–Trinajstić information content (AvgIpc) is 2.95. The zero-order chi connectivity index (χ0) is 16.2. The Kier molecular flexibility index (Phi) is 4.60. The lowest BCUT2D eigenvalue weighted by Crippen LogP contribution is -2.46. The Balaban J connectivity index is 2.21. The molecular weight excluding hydrogens is 284 g/mol. The van der Waals surface area contributed by atoms with Gasteiger partial charge in [0.15, 0.2) is 0 Å². The van der Waals surface area contributed by atoms with Crippen LogP contribution in [0.4, 0.5) is 0 Å². The monoisotopic (exact) mass is 302 g/mol. The molecule has 0 fully saturated rings. The van der Waals surface area contributed by atoms with Gasteiger partial charge in [-0.3, -0.25) is 9.59 Å². The van der Waals surface area contributed by atoms with Gasteiger partial charge in [0, 0.05) is 12.6 Å². The standard InChI is InChI=1S/C16H18N2O4/c1-3-16(15(20)21,12-7-5-4-6-8-12)10-17-14(19)13-9-11(2)18-22-13/h4-9H,3,10H2,1-2H3,(H,17,19)(H,20,21). The van der Waals surface area contributed by atoms with Gasteiger partial charge in [-0.05, 0) is 18.9 Å². The number of aromatic nitrogens is 1. The van der Waals surface area contributed by atoms with Crippen molar-refractivity contribution in [1.29, 1.82) is 0 Å². The molecule has 1 atom stereocenters. The number of carboxylic acids is 1. The van der Waals surface area contributed by atoms with Crippen molar-refractivity contribution in [2.45, 2.75) is 25.7 Å². The van der Waals surface area contributed by atoms with Gasteiger partial charge in [-0.1, -0.05) is 42.4 Å². The van der Waals surface area contributed by atoms with Crippen molar-refractivity contribution in [2.24, 2.45) is 0 Å². The van der Waals surface area contributed by atoms with E-state index in [0.717, 1.165) is 0 Å². The fourth-order valence-corrected chi connectivity index (χ4v) is 2.33. The number of aliphatic carboxylic acids is 1. The number of carboxylic acid groups (broad SMARTS) is 1. The molecule has 1 amide bonds. The summed E-state index contributed by atoms with van der Waals surface area (Å²) in [5.41, 5.74) is 0.0682. The smallest absolute Gasteiger partial charge is 0.315 e. The largest absolute Gasteiger partial charge is 0.481 e. The summed E-state index contributed by atoms with van der Waals surface area (Å²) in [4.78, 5) is 23.9. The number of hydrogen-bond acceptors (Lipinski definition) is 4. The minimum absolute atomic E-state index is 0.0264. The van der Waals surface area contributed by atoms with Gasteiger partial charge in [-0.2, -0.15) is 0 Å². The maximum absolute atomic E-state index is 12.0. The van der Waals surface area contributed by atoms with Gasteiger partial charge in [-0.15, -0.1) is 0 Å². The molecule has 1 aromatic carbocycles. The molecule has 116 valence electrons. The number of aryl methyl sites for hydroxylation is 1. The van der Waals surface area contributed by atoms with Crippen LogP contribution >= 0.6 is 0 Å². The van der Waals surface area contributed by atoms with Crippen molar-refractivity contribution in [1.82, 2.24) is 10.5 Å². The van der Waals surface area contributed by atoms with Crippen LogP contribution in [0, 0.1) is 6.92 Å². The summed E-state index contributed by atoms with van der Waals surface area (Å²) in [6, 6.07) is 10.4. The number of nitrogens with zero attached hydrogens (tertiary/aromatic N) is 1. The highest BCUT2D eigenvalue weighted by Gasteiger charge is 2.39. The number of amides is 1. The molecule has 2 N–H and O–H groups in total. The third-order valence-electron chi connectivity index (χ3n) is 3.74. The van der Waals surface area contributed by atoms with Crippen molar-refractivity contribution in [3.05, 3.63) is 53.4 Å². The average molecular weight is 302 g/mol. The Morgan fingerprint density at radius 1 is 1.32 bits per heavy atom. The van der Waals surface area contributed by atoms with E-state index in [1.807, 2.05) is 6.07 Å². The molecule has 0 radical (unpaired) electrons. The molecule has 1 aromatic heterocycles. The minimum atomic E-state index is -1.17. The first-order valence-corrected chi connectivity index (χ1v) is 7.00. The van der Waals surface area contributed by atoms with Crippen molar-refractivity contribution in [2.75, 3.05) is 6.54 Å². The van der Waals surface area contributed by atoms with E-state index in [0.29, 0.717) is 17.7 Å². The molecule has 1 heterocycles. The molecular formula is C16H18N2O4. The van der Waals surface area contributed by atoms with Crippen molar-refractivity contribution >= 4 is 11.9 Å². The fraction of sp³-hybridized carbons (Fsp3) is 0.312. The molecule has 2 rings (SSSR count). The van der Waals surface area contributed by atoms with Crippen LogP contribution in [0.15, 0.2) is 40.9 Å². The molecule has 6 heteroatoms. The molecule has 0 aliphatic rings. The molecule has 2 aromatic rings. The Morgan fingerprint density at radius 3 is 2.50 bits per heavy atom. The highest BCUT2D eigenvalue weighted by Crippen LogP contribution is 2.28. The molecule has 0 aliphatic carbocycles. The van der Waals surface area contributed by atoms with E-state index in [1.54, 1.807) is 38.1 Å². The highest BCUT2D eigenvalue weighted by molar-refractivity contribution is 5.92. The van der Waals surface area contributed by atoms with E-state index >= 15 is 0 Å². The van der Waals surface area contributed by atoms with Crippen LogP contribution < -0.4 is 5.32 Å². The predicted molar refractivity (Wildman–Crippen MR) is 79.6 cm³/mol. The van der Waals surface area contributed by atoms with Gasteiger partial charge in [-0.25, -0.2) is 0 Å². The summed E-state index contributed by atoms with van der Waals surface area (Å²) >= 11 is 0. The van der Waals surface area contributed by atoms with Crippen LogP contribution in [0.3, 0.4) is 0 Å². The zero-order valence-corrected chi connectivity index (χ0v) is 12.5. The van der Waals surface area contributed by atoms with Gasteiger partial charge in [0.1, 0.15) is 5.41 Å². The molecule has 0 bridgehead atoms. The lowest BCUT2D eigenvalue weighted by atomic mass is 9.78. The Labute approximate surface area is 128 Å². The van der Waals surface area contributed by atoms with Gasteiger partial charge in [0.2, 0.25) is 5.76 Å². The molecule has 6 nitrogen and oxygen atoms in total. The van der Waals surface area contributed by atoms with Gasteiger partial charge in [0.05, 0.1) is 5.69 Å². The number of rotatable bonds is 6. The van der Waals surface area contributed by atoms with Gasteiger partial charge in [0.25, 0.3) is 5.91 Å². The van der Waals surface area contributed by atoms with E-state index in [2.05, 4.69) is 10.5 Å². The van der Waals surface area contributed by atoms with E-state index in [-0.39, 0.29) is 12.3 Å². The van der Waals surface area contributed by atoms with Crippen LogP contribution in [0.25, 0.3) is 0 Å². The summed E-state index contributed by atoms with van der Waals surface area (Å²) in [5.74, 6) is -1.38. The van der Waals surface area contributed by atoms with Crippen LogP contribution in [-0.2, 0) is 10.2 Å². The number of hydrogen-bond donors (Lipinski definition) is 2. The number of carbonyl (C=O) groups excluding carboxylic acids is 1. The van der Waals surface area contributed by atoms with Crippen LogP contribution in [0.2, 0.25) is 0 Å². The Hall–Kier alpha value is -2.63. The van der Waals surface area contributed by atoms with Crippen LogP contribution in [-0.4, -0.2) is 28.7 Å². The van der Waals surface area contributed by atoms with Crippen LogP contribution in [0.1, 0.15) is 35.2 Å². The van der Waals surface area contributed by atoms with E-state index in [4.69, 9.17) is 4.52 Å².